The first-order valence-electron chi connectivity index (χ1n) is 10.9. The fourth-order valence-electron chi connectivity index (χ4n) is 4.05. The second kappa shape index (κ2) is 9.45. The molecule has 0 radical (unpaired) electrons. The van der Waals surface area contributed by atoms with Gasteiger partial charge in [0, 0.05) is 32.0 Å². The van der Waals surface area contributed by atoms with Gasteiger partial charge in [0.2, 0.25) is 5.91 Å². The average molecular weight is 478 g/mol. The third-order valence-corrected chi connectivity index (χ3v) is 5.96. The van der Waals surface area contributed by atoms with Gasteiger partial charge in [-0.15, -0.1) is 0 Å². The highest BCUT2D eigenvalue weighted by molar-refractivity contribution is 5.87. The largest absolute Gasteiger partial charge is 0.416 e. The molecule has 4 rings (SSSR count). The van der Waals surface area contributed by atoms with Crippen LogP contribution in [0, 0.1) is 5.92 Å². The van der Waals surface area contributed by atoms with Crippen LogP contribution in [0.3, 0.4) is 0 Å². The highest BCUT2D eigenvalue weighted by atomic mass is 19.4. The van der Waals surface area contributed by atoms with E-state index in [0.717, 1.165) is 25.0 Å². The minimum absolute atomic E-state index is 0.0416. The van der Waals surface area contributed by atoms with Gasteiger partial charge in [0.05, 0.1) is 11.9 Å². The van der Waals surface area contributed by atoms with Crippen LogP contribution in [-0.4, -0.2) is 44.5 Å². The maximum Gasteiger partial charge on any atom is 0.416 e. The maximum absolute atomic E-state index is 13.0. The number of benzene rings is 1. The molecule has 2 aromatic heterocycles. The van der Waals surface area contributed by atoms with Gasteiger partial charge in [0.25, 0.3) is 5.56 Å². The summed E-state index contributed by atoms with van der Waals surface area (Å²) in [5.41, 5.74) is -0.439. The van der Waals surface area contributed by atoms with Crippen molar-refractivity contribution in [2.45, 2.75) is 38.5 Å². The number of nitrogens with one attached hydrogen (secondary N) is 2. The Morgan fingerprint density at radius 3 is 2.56 bits per heavy atom. The lowest BCUT2D eigenvalue weighted by atomic mass is 9.93. The summed E-state index contributed by atoms with van der Waals surface area (Å²) >= 11 is 0. The quantitative estimate of drug-likeness (QED) is 0.565. The molecule has 182 valence electrons. The van der Waals surface area contributed by atoms with Crippen molar-refractivity contribution in [3.63, 3.8) is 0 Å². The van der Waals surface area contributed by atoms with E-state index in [1.165, 1.54) is 27.7 Å². The highest BCUT2D eigenvalue weighted by Gasteiger charge is 2.30. The monoisotopic (exact) mass is 478 g/mol. The lowest BCUT2D eigenvalue weighted by Gasteiger charge is -2.28. The van der Waals surface area contributed by atoms with E-state index >= 15 is 0 Å². The third kappa shape index (κ3) is 5.06. The molecule has 1 amide bonds. The number of anilines is 2. The van der Waals surface area contributed by atoms with E-state index in [-0.39, 0.29) is 35.3 Å². The fraction of sp³-hybridized carbons (Fsp3) is 0.455. The third-order valence-electron chi connectivity index (χ3n) is 5.96. The standard InChI is InChI=1S/C22H25F3N6O3/c1-13(14-7-9-34-10-8-14)27-17(32)11-31-12-26-18-19(21(31)33)30(2)29-20(18)28-16-5-3-15(4-6-16)22(23,24)25/h3-6,12-14H,7-11H2,1-2H3,(H,27,32)(H,28,29)/t13-/m1/s1. The maximum atomic E-state index is 13.0. The van der Waals surface area contributed by atoms with Gasteiger partial charge in [0.1, 0.15) is 12.1 Å². The summed E-state index contributed by atoms with van der Waals surface area (Å²) in [6.07, 6.45) is -1.42. The molecule has 0 aliphatic carbocycles. The van der Waals surface area contributed by atoms with Gasteiger partial charge in [-0.05, 0) is 49.9 Å². The van der Waals surface area contributed by atoms with Crippen LogP contribution in [0.15, 0.2) is 35.4 Å². The van der Waals surface area contributed by atoms with E-state index in [1.54, 1.807) is 7.05 Å². The molecule has 3 heterocycles. The van der Waals surface area contributed by atoms with Gasteiger partial charge in [-0.25, -0.2) is 4.98 Å². The van der Waals surface area contributed by atoms with E-state index < -0.39 is 17.3 Å². The molecule has 1 aromatic carbocycles. The SMILES string of the molecule is C[C@@H](NC(=O)Cn1cnc2c(Nc3ccc(C(F)(F)F)cc3)nn(C)c2c1=O)C1CCOCC1. The molecule has 0 unspecified atom stereocenters. The fourth-order valence-corrected chi connectivity index (χ4v) is 4.05. The van der Waals surface area contributed by atoms with E-state index in [2.05, 4.69) is 20.7 Å². The van der Waals surface area contributed by atoms with Crippen LogP contribution in [0.5, 0.6) is 0 Å². The van der Waals surface area contributed by atoms with Gasteiger partial charge in [0.15, 0.2) is 11.3 Å². The van der Waals surface area contributed by atoms with Gasteiger partial charge in [-0.1, -0.05) is 0 Å². The van der Waals surface area contributed by atoms with Crippen molar-refractivity contribution in [1.82, 2.24) is 24.6 Å². The Kier molecular flexibility index (Phi) is 6.60. The lowest BCUT2D eigenvalue weighted by molar-refractivity contribution is -0.137. The molecule has 0 saturated carbocycles. The number of alkyl halides is 3. The van der Waals surface area contributed by atoms with Crippen molar-refractivity contribution in [3.05, 3.63) is 46.5 Å². The molecule has 3 aromatic rings. The molecule has 12 heteroatoms. The summed E-state index contributed by atoms with van der Waals surface area (Å²) < 4.78 is 46.2. The van der Waals surface area contributed by atoms with Crippen LogP contribution in [0.4, 0.5) is 24.7 Å². The van der Waals surface area contributed by atoms with E-state index in [0.29, 0.717) is 24.8 Å². The van der Waals surface area contributed by atoms with Crippen molar-refractivity contribution in [3.8, 4) is 0 Å². The number of halogens is 3. The molecule has 1 atom stereocenters. The lowest BCUT2D eigenvalue weighted by Crippen LogP contribution is -2.42. The number of hydrogen-bond donors (Lipinski definition) is 2. The molecule has 34 heavy (non-hydrogen) atoms. The molecule has 1 aliphatic rings. The molecule has 1 fully saturated rings. The predicted molar refractivity (Wildman–Crippen MR) is 119 cm³/mol. The normalized spacial score (nSPS) is 15.9. The van der Waals surface area contributed by atoms with Crippen LogP contribution < -0.4 is 16.2 Å². The number of carbonyl (C=O) groups excluding carboxylic acids is 1. The van der Waals surface area contributed by atoms with Crippen molar-refractivity contribution in [2.75, 3.05) is 18.5 Å². The van der Waals surface area contributed by atoms with E-state index in [4.69, 9.17) is 4.74 Å². The molecular weight excluding hydrogens is 453 g/mol. The number of nitrogens with zero attached hydrogens (tertiary/aromatic N) is 4. The Hall–Kier alpha value is -3.41. The predicted octanol–water partition coefficient (Wildman–Crippen LogP) is 2.82. The number of ether oxygens (including phenoxy) is 1. The number of rotatable bonds is 6. The number of amides is 1. The number of fused-ring (bicyclic) bond motifs is 1. The first-order valence-corrected chi connectivity index (χ1v) is 10.9. The minimum atomic E-state index is -4.43. The Morgan fingerprint density at radius 1 is 1.24 bits per heavy atom. The van der Waals surface area contributed by atoms with Crippen molar-refractivity contribution in [1.29, 1.82) is 0 Å². The Balaban J connectivity index is 1.50. The summed E-state index contributed by atoms with van der Waals surface area (Å²) in [6, 6.07) is 4.41. The van der Waals surface area contributed by atoms with E-state index in [9.17, 15) is 22.8 Å². The Bertz CT molecular complexity index is 1230. The molecule has 0 bridgehead atoms. The molecular formula is C22H25F3N6O3. The van der Waals surface area contributed by atoms with E-state index in [1.807, 2.05) is 6.92 Å². The second-order valence-electron chi connectivity index (χ2n) is 8.35. The summed E-state index contributed by atoms with van der Waals surface area (Å²) in [5, 5.41) is 10.1. The summed E-state index contributed by atoms with van der Waals surface area (Å²) in [4.78, 5) is 29.8. The van der Waals surface area contributed by atoms with Crippen molar-refractivity contribution >= 4 is 28.4 Å². The molecule has 2 N–H and O–H groups in total. The zero-order chi connectivity index (χ0) is 24.5. The molecule has 0 spiro atoms. The Morgan fingerprint density at radius 2 is 1.91 bits per heavy atom. The summed E-state index contributed by atoms with van der Waals surface area (Å²) in [7, 11) is 1.56. The highest BCUT2D eigenvalue weighted by Crippen LogP contribution is 2.30. The first-order chi connectivity index (χ1) is 16.1. The van der Waals surface area contributed by atoms with Crippen LogP contribution >= 0.6 is 0 Å². The summed E-state index contributed by atoms with van der Waals surface area (Å²) in [5.74, 6) is 0.248. The number of carbonyl (C=O) groups is 1. The van der Waals surface area contributed by atoms with Crippen molar-refractivity contribution in [2.24, 2.45) is 13.0 Å². The zero-order valence-electron chi connectivity index (χ0n) is 18.7. The minimum Gasteiger partial charge on any atom is -0.381 e. The molecule has 1 saturated heterocycles. The zero-order valence-corrected chi connectivity index (χ0v) is 18.7. The Labute approximate surface area is 192 Å². The molecule has 1 aliphatic heterocycles. The number of aromatic nitrogens is 4. The molecule has 9 nitrogen and oxygen atoms in total. The van der Waals surface area contributed by atoms with Gasteiger partial charge in [-0.3, -0.25) is 18.8 Å². The number of hydrogen-bond acceptors (Lipinski definition) is 6. The van der Waals surface area contributed by atoms with Crippen LogP contribution in [-0.2, 0) is 29.3 Å². The van der Waals surface area contributed by atoms with Gasteiger partial charge in [-0.2, -0.15) is 18.3 Å². The second-order valence-corrected chi connectivity index (χ2v) is 8.35. The van der Waals surface area contributed by atoms with Crippen molar-refractivity contribution < 1.29 is 22.7 Å². The average Bonchev–Trinajstić information content (AvgIpc) is 3.11. The van der Waals surface area contributed by atoms with Crippen LogP contribution in [0.25, 0.3) is 11.0 Å². The van der Waals surface area contributed by atoms with Crippen LogP contribution in [0.1, 0.15) is 25.3 Å². The van der Waals surface area contributed by atoms with Gasteiger partial charge >= 0.3 is 6.18 Å². The van der Waals surface area contributed by atoms with Gasteiger partial charge < -0.3 is 15.4 Å². The number of aryl methyl sites for hydroxylation is 1. The van der Waals surface area contributed by atoms with Crippen LogP contribution in [0.2, 0.25) is 0 Å². The first kappa shape index (κ1) is 23.7. The topological polar surface area (TPSA) is 103 Å². The smallest absolute Gasteiger partial charge is 0.381 e. The summed E-state index contributed by atoms with van der Waals surface area (Å²) in [6.45, 7) is 3.10.